The van der Waals surface area contributed by atoms with Crippen molar-refractivity contribution < 1.29 is 14.4 Å². The molecule has 0 spiro atoms. The van der Waals surface area contributed by atoms with Crippen molar-refractivity contribution in [2.75, 3.05) is 37.6 Å². The zero-order valence-corrected chi connectivity index (χ0v) is 11.9. The van der Waals surface area contributed by atoms with Gasteiger partial charge in [0.15, 0.2) is 11.4 Å². The molecule has 1 aromatic heterocycles. The van der Waals surface area contributed by atoms with Gasteiger partial charge in [-0.05, 0) is 25.1 Å². The van der Waals surface area contributed by atoms with Crippen molar-refractivity contribution >= 4 is 22.8 Å². The lowest BCUT2D eigenvalue weighted by molar-refractivity contribution is -0.137. The summed E-state index contributed by atoms with van der Waals surface area (Å²) in [4.78, 5) is 15.1. The molecule has 0 amide bonds. The zero-order valence-electron chi connectivity index (χ0n) is 11.9. The molecule has 6 heteroatoms. The molecule has 1 aliphatic heterocycles. The van der Waals surface area contributed by atoms with Gasteiger partial charge in [-0.2, -0.15) is 0 Å². The van der Waals surface area contributed by atoms with Gasteiger partial charge in [0, 0.05) is 32.6 Å². The maximum atomic E-state index is 10.5. The van der Waals surface area contributed by atoms with Crippen LogP contribution in [-0.4, -0.2) is 53.9 Å². The van der Waals surface area contributed by atoms with Crippen molar-refractivity contribution in [1.82, 2.24) is 10.1 Å². The summed E-state index contributed by atoms with van der Waals surface area (Å²) in [6.45, 7) is 4.49. The third kappa shape index (κ3) is 3.16. The van der Waals surface area contributed by atoms with Gasteiger partial charge in [-0.3, -0.25) is 9.69 Å². The highest BCUT2D eigenvalue weighted by Gasteiger charge is 2.21. The van der Waals surface area contributed by atoms with E-state index in [4.69, 9.17) is 9.63 Å². The Labute approximate surface area is 122 Å². The van der Waals surface area contributed by atoms with Crippen LogP contribution >= 0.6 is 0 Å². The number of hydrogen-bond acceptors (Lipinski definition) is 5. The molecule has 1 saturated heterocycles. The fraction of sp³-hybridized carbons (Fsp3) is 0.467. The number of nitrogens with zero attached hydrogens (tertiary/aromatic N) is 3. The summed E-state index contributed by atoms with van der Waals surface area (Å²) in [6.07, 6.45) is 0.955. The third-order valence-electron chi connectivity index (χ3n) is 3.90. The van der Waals surface area contributed by atoms with Crippen molar-refractivity contribution in [3.63, 3.8) is 0 Å². The minimum absolute atomic E-state index is 0.244. The highest BCUT2D eigenvalue weighted by Crippen LogP contribution is 2.26. The number of aliphatic carboxylic acids is 1. The first kappa shape index (κ1) is 13.9. The molecular formula is C15H19N3O3. The highest BCUT2D eigenvalue weighted by molar-refractivity contribution is 5.88. The van der Waals surface area contributed by atoms with Crippen LogP contribution in [0.2, 0.25) is 0 Å². The summed E-state index contributed by atoms with van der Waals surface area (Å²) in [5.41, 5.74) is 0.816. The highest BCUT2D eigenvalue weighted by atomic mass is 16.5. The Bertz CT molecular complexity index is 617. The van der Waals surface area contributed by atoms with Gasteiger partial charge in [-0.1, -0.05) is 17.3 Å². The van der Waals surface area contributed by atoms with Crippen LogP contribution in [0.15, 0.2) is 28.8 Å². The van der Waals surface area contributed by atoms with Crippen LogP contribution < -0.4 is 4.90 Å². The number of para-hydroxylation sites is 1. The molecule has 3 rings (SSSR count). The first-order valence-corrected chi connectivity index (χ1v) is 7.27. The van der Waals surface area contributed by atoms with Crippen LogP contribution in [0, 0.1) is 0 Å². The maximum absolute atomic E-state index is 10.5. The molecule has 0 bridgehead atoms. The predicted octanol–water partition coefficient (Wildman–Crippen LogP) is 1.81. The summed E-state index contributed by atoms with van der Waals surface area (Å²) in [6, 6.07) is 7.89. The lowest BCUT2D eigenvalue weighted by Crippen LogP contribution is -2.46. The smallest absolute Gasteiger partial charge is 0.303 e. The van der Waals surface area contributed by atoms with Crippen molar-refractivity contribution in [3.05, 3.63) is 24.3 Å². The number of fused-ring (bicyclic) bond motifs is 1. The number of benzene rings is 1. The molecule has 0 saturated carbocycles. The van der Waals surface area contributed by atoms with E-state index < -0.39 is 5.97 Å². The number of anilines is 1. The molecule has 6 nitrogen and oxygen atoms in total. The molecule has 1 fully saturated rings. The Hall–Kier alpha value is -2.08. The number of piperazine rings is 1. The lowest BCUT2D eigenvalue weighted by Gasteiger charge is -2.34. The number of carboxylic acids is 1. The van der Waals surface area contributed by atoms with Crippen molar-refractivity contribution in [1.29, 1.82) is 0 Å². The third-order valence-corrected chi connectivity index (χ3v) is 3.90. The van der Waals surface area contributed by atoms with E-state index in [0.717, 1.165) is 49.5 Å². The van der Waals surface area contributed by atoms with Gasteiger partial charge < -0.3 is 14.5 Å². The molecule has 2 heterocycles. The van der Waals surface area contributed by atoms with Gasteiger partial charge in [0.05, 0.1) is 5.39 Å². The second-order valence-corrected chi connectivity index (χ2v) is 5.33. The molecule has 1 aromatic carbocycles. The number of rotatable bonds is 5. The first-order valence-electron chi connectivity index (χ1n) is 7.27. The maximum Gasteiger partial charge on any atom is 0.303 e. The number of hydrogen-bond donors (Lipinski definition) is 1. The second-order valence-electron chi connectivity index (χ2n) is 5.33. The number of aromatic nitrogens is 1. The van der Waals surface area contributed by atoms with E-state index in [0.29, 0.717) is 6.42 Å². The number of carbonyl (C=O) groups is 1. The Kier molecular flexibility index (Phi) is 4.06. The van der Waals surface area contributed by atoms with Crippen LogP contribution in [0.4, 0.5) is 5.82 Å². The van der Waals surface area contributed by atoms with Crippen LogP contribution in [0.1, 0.15) is 12.8 Å². The van der Waals surface area contributed by atoms with E-state index in [1.54, 1.807) is 0 Å². The fourth-order valence-corrected chi connectivity index (χ4v) is 2.74. The molecule has 1 aliphatic rings. The van der Waals surface area contributed by atoms with E-state index in [9.17, 15) is 4.79 Å². The Morgan fingerprint density at radius 1 is 1.24 bits per heavy atom. The van der Waals surface area contributed by atoms with Gasteiger partial charge in [-0.25, -0.2) is 0 Å². The molecule has 1 N–H and O–H groups in total. The van der Waals surface area contributed by atoms with Gasteiger partial charge in [0.1, 0.15) is 0 Å². The molecule has 21 heavy (non-hydrogen) atoms. The standard InChI is InChI=1S/C15H19N3O3/c19-14(20)6-3-7-17-8-10-18(11-9-17)15-12-4-1-2-5-13(12)21-16-15/h1-2,4-5H,3,6-11H2,(H,19,20). The van der Waals surface area contributed by atoms with E-state index in [-0.39, 0.29) is 6.42 Å². The monoisotopic (exact) mass is 289 g/mol. The van der Waals surface area contributed by atoms with Crippen LogP contribution in [0.5, 0.6) is 0 Å². The van der Waals surface area contributed by atoms with Gasteiger partial charge in [0.2, 0.25) is 0 Å². The molecule has 112 valence electrons. The SMILES string of the molecule is O=C(O)CCCN1CCN(c2noc3ccccc23)CC1. The van der Waals surface area contributed by atoms with Gasteiger partial charge in [0.25, 0.3) is 0 Å². The van der Waals surface area contributed by atoms with Crippen molar-refractivity contribution in [2.24, 2.45) is 0 Å². The van der Waals surface area contributed by atoms with Crippen molar-refractivity contribution in [3.8, 4) is 0 Å². The quantitative estimate of drug-likeness (QED) is 0.905. The molecular weight excluding hydrogens is 270 g/mol. The largest absolute Gasteiger partial charge is 0.481 e. The Morgan fingerprint density at radius 3 is 2.76 bits per heavy atom. The first-order chi connectivity index (χ1) is 10.2. The summed E-state index contributed by atoms with van der Waals surface area (Å²) in [7, 11) is 0. The summed E-state index contributed by atoms with van der Waals surface area (Å²) in [5, 5.41) is 13.9. The summed E-state index contributed by atoms with van der Waals surface area (Å²) < 4.78 is 5.35. The second kappa shape index (κ2) is 6.13. The van der Waals surface area contributed by atoms with Gasteiger partial charge in [-0.15, -0.1) is 0 Å². The topological polar surface area (TPSA) is 69.8 Å². The van der Waals surface area contributed by atoms with Crippen molar-refractivity contribution in [2.45, 2.75) is 12.8 Å². The Morgan fingerprint density at radius 2 is 2.00 bits per heavy atom. The average molecular weight is 289 g/mol. The summed E-state index contributed by atoms with van der Waals surface area (Å²) in [5.74, 6) is 0.193. The molecule has 0 atom stereocenters. The Balaban J connectivity index is 1.57. The molecule has 0 radical (unpaired) electrons. The molecule has 0 aliphatic carbocycles. The van der Waals surface area contributed by atoms with Crippen LogP contribution in [0.3, 0.4) is 0 Å². The lowest BCUT2D eigenvalue weighted by atomic mass is 10.2. The number of carboxylic acid groups (broad SMARTS) is 1. The van der Waals surface area contributed by atoms with Crippen LogP contribution in [-0.2, 0) is 4.79 Å². The summed E-state index contributed by atoms with van der Waals surface area (Å²) >= 11 is 0. The van der Waals surface area contributed by atoms with Gasteiger partial charge >= 0.3 is 5.97 Å². The van der Waals surface area contributed by atoms with E-state index in [1.807, 2.05) is 24.3 Å². The average Bonchev–Trinajstić information content (AvgIpc) is 2.92. The normalized spacial score (nSPS) is 16.5. The minimum atomic E-state index is -0.720. The van der Waals surface area contributed by atoms with E-state index in [1.165, 1.54) is 0 Å². The zero-order chi connectivity index (χ0) is 14.7. The molecule has 2 aromatic rings. The molecule has 0 unspecified atom stereocenters. The minimum Gasteiger partial charge on any atom is -0.481 e. The van der Waals surface area contributed by atoms with E-state index >= 15 is 0 Å². The van der Waals surface area contributed by atoms with E-state index in [2.05, 4.69) is 15.0 Å². The predicted molar refractivity (Wildman–Crippen MR) is 79.5 cm³/mol. The van der Waals surface area contributed by atoms with Crippen LogP contribution in [0.25, 0.3) is 11.0 Å². The fourth-order valence-electron chi connectivity index (χ4n) is 2.74.